The van der Waals surface area contributed by atoms with Crippen LogP contribution in [0, 0.1) is 6.92 Å². The van der Waals surface area contributed by atoms with E-state index in [2.05, 4.69) is 94.1 Å². The van der Waals surface area contributed by atoms with Crippen LogP contribution >= 0.6 is 0 Å². The third-order valence-corrected chi connectivity index (χ3v) is 10.6. The molecule has 0 saturated carbocycles. The van der Waals surface area contributed by atoms with Gasteiger partial charge < -0.3 is 10.0 Å². The van der Waals surface area contributed by atoms with E-state index in [1.165, 1.54) is 27.5 Å². The van der Waals surface area contributed by atoms with Crippen molar-refractivity contribution in [1.29, 1.82) is 0 Å². The number of aliphatic carboxylic acids is 1. The number of aliphatic imine (C=N–C) groups is 1. The summed E-state index contributed by atoms with van der Waals surface area (Å²) in [7, 11) is -4.00. The van der Waals surface area contributed by atoms with Gasteiger partial charge in [0.1, 0.15) is 0 Å². The van der Waals surface area contributed by atoms with Crippen molar-refractivity contribution in [1.82, 2.24) is 0 Å². The van der Waals surface area contributed by atoms with Gasteiger partial charge in [-0.05, 0) is 76.2 Å². The van der Waals surface area contributed by atoms with Gasteiger partial charge >= 0.3 is 5.97 Å². The first-order valence-electron chi connectivity index (χ1n) is 17.4. The molecule has 2 N–H and O–H groups in total. The largest absolute Gasteiger partial charge is 0.481 e. The number of allylic oxidation sites excluding steroid dienone is 8. The highest BCUT2D eigenvalue weighted by Crippen LogP contribution is 2.50. The number of anilines is 1. The van der Waals surface area contributed by atoms with Crippen LogP contribution in [-0.4, -0.2) is 48.6 Å². The van der Waals surface area contributed by atoms with Gasteiger partial charge in [0.15, 0.2) is 0 Å². The molecule has 4 aromatic carbocycles. The van der Waals surface area contributed by atoms with Crippen molar-refractivity contribution in [3.63, 3.8) is 0 Å². The zero-order valence-corrected chi connectivity index (χ0v) is 31.0. The summed E-state index contributed by atoms with van der Waals surface area (Å²) < 4.78 is 31.6. The maximum atomic E-state index is 11.6. The standard InChI is InChI=1S/C43H48N2O5S/c1-31-23-24-32-17-11-13-19-34(32)40(31)42(2,3)37(44-28-15-16-30-51(48,49)50)21-9-7-6-8-10-22-38-43(4,5)41-35-20-14-12-18-33(35)25-26-36(41)45(38)29-27-39(46)47/h6-14,17-26H,15-16,27-30H2,1-5H3,(H,46,47)(H,48,49,50)/b7-6+,10-8+,21-9+,38-22+,44-37?. The smallest absolute Gasteiger partial charge is 0.305 e. The lowest BCUT2D eigenvalue weighted by Crippen LogP contribution is -2.29. The Hall–Kier alpha value is -4.79. The zero-order chi connectivity index (χ0) is 36.8. The first kappa shape index (κ1) is 37.5. The van der Waals surface area contributed by atoms with Crippen molar-refractivity contribution < 1.29 is 22.9 Å². The van der Waals surface area contributed by atoms with Gasteiger partial charge in [-0.2, -0.15) is 8.42 Å². The lowest BCUT2D eigenvalue weighted by molar-refractivity contribution is -0.136. The second kappa shape index (κ2) is 15.6. The van der Waals surface area contributed by atoms with Crippen LogP contribution in [0.4, 0.5) is 5.69 Å². The molecule has 0 atom stereocenters. The Balaban J connectivity index is 1.40. The Morgan fingerprint density at radius 1 is 0.863 bits per heavy atom. The number of carboxylic acid groups (broad SMARTS) is 1. The van der Waals surface area contributed by atoms with E-state index in [0.717, 1.165) is 27.9 Å². The van der Waals surface area contributed by atoms with E-state index in [-0.39, 0.29) is 17.6 Å². The lowest BCUT2D eigenvalue weighted by atomic mass is 9.75. The molecule has 0 radical (unpaired) electrons. The lowest BCUT2D eigenvalue weighted by Gasteiger charge is -2.29. The molecular weight excluding hydrogens is 657 g/mol. The normalized spacial score (nSPS) is 16.1. The van der Waals surface area contributed by atoms with Crippen LogP contribution in [0.3, 0.4) is 0 Å². The van der Waals surface area contributed by atoms with Crippen molar-refractivity contribution in [2.75, 3.05) is 23.7 Å². The number of hydrogen-bond donors (Lipinski definition) is 2. The van der Waals surface area contributed by atoms with Crippen LogP contribution in [-0.2, 0) is 25.7 Å². The SMILES string of the molecule is Cc1ccc2ccccc2c1C(C)(C)C(/C=C/C=C/C=C/C=C1/N(CCC(=O)O)c2ccc3ccccc3c2C1(C)C)=NCCCCS(=O)(=O)O. The monoisotopic (exact) mass is 704 g/mol. The van der Waals surface area contributed by atoms with Crippen molar-refractivity contribution in [3.05, 3.63) is 138 Å². The summed E-state index contributed by atoms with van der Waals surface area (Å²) in [6, 6.07) is 25.1. The minimum Gasteiger partial charge on any atom is -0.481 e. The van der Waals surface area contributed by atoms with E-state index < -0.39 is 21.5 Å². The first-order chi connectivity index (χ1) is 24.2. The molecule has 4 aromatic rings. The molecular formula is C43H48N2O5S. The zero-order valence-electron chi connectivity index (χ0n) is 30.1. The molecule has 266 valence electrons. The van der Waals surface area contributed by atoms with E-state index in [0.29, 0.717) is 25.9 Å². The predicted molar refractivity (Wildman–Crippen MR) is 212 cm³/mol. The number of carboxylic acids is 1. The van der Waals surface area contributed by atoms with Crippen LogP contribution in [0.15, 0.2) is 126 Å². The molecule has 8 heteroatoms. The number of hydrogen-bond acceptors (Lipinski definition) is 5. The van der Waals surface area contributed by atoms with Gasteiger partial charge in [-0.3, -0.25) is 14.3 Å². The van der Waals surface area contributed by atoms with E-state index in [9.17, 15) is 18.3 Å². The summed E-state index contributed by atoms with van der Waals surface area (Å²) in [5.41, 5.74) is 5.75. The average Bonchev–Trinajstić information content (AvgIpc) is 3.30. The molecule has 0 amide bonds. The minimum absolute atomic E-state index is 0.0349. The fraction of sp³-hybridized carbons (Fsp3) is 0.302. The molecule has 1 heterocycles. The van der Waals surface area contributed by atoms with Gasteiger partial charge in [0.2, 0.25) is 0 Å². The van der Waals surface area contributed by atoms with Gasteiger partial charge in [-0.15, -0.1) is 0 Å². The molecule has 0 aromatic heterocycles. The third kappa shape index (κ3) is 8.58. The minimum atomic E-state index is -4.00. The molecule has 0 saturated heterocycles. The highest BCUT2D eigenvalue weighted by atomic mass is 32.2. The molecule has 0 aliphatic carbocycles. The number of fused-ring (bicyclic) bond motifs is 4. The Morgan fingerprint density at radius 3 is 2.20 bits per heavy atom. The second-order valence-electron chi connectivity index (χ2n) is 14.1. The van der Waals surface area contributed by atoms with Crippen LogP contribution in [0.5, 0.6) is 0 Å². The summed E-state index contributed by atoms with van der Waals surface area (Å²) in [5, 5.41) is 14.2. The number of aryl methyl sites for hydroxylation is 1. The van der Waals surface area contributed by atoms with Gasteiger partial charge in [0.25, 0.3) is 10.1 Å². The predicted octanol–water partition coefficient (Wildman–Crippen LogP) is 9.51. The van der Waals surface area contributed by atoms with Crippen molar-refractivity contribution in [3.8, 4) is 0 Å². The maximum absolute atomic E-state index is 11.6. The number of rotatable bonds is 14. The van der Waals surface area contributed by atoms with Crippen molar-refractivity contribution in [2.24, 2.45) is 4.99 Å². The highest BCUT2D eigenvalue weighted by molar-refractivity contribution is 7.85. The molecule has 0 unspecified atom stereocenters. The summed E-state index contributed by atoms with van der Waals surface area (Å²) in [4.78, 5) is 18.7. The first-order valence-corrected chi connectivity index (χ1v) is 19.1. The summed E-state index contributed by atoms with van der Waals surface area (Å²) >= 11 is 0. The highest BCUT2D eigenvalue weighted by Gasteiger charge is 2.41. The van der Waals surface area contributed by atoms with E-state index in [4.69, 9.17) is 9.55 Å². The van der Waals surface area contributed by atoms with Gasteiger partial charge in [0.05, 0.1) is 12.2 Å². The Morgan fingerprint density at radius 2 is 1.49 bits per heavy atom. The van der Waals surface area contributed by atoms with E-state index >= 15 is 0 Å². The third-order valence-electron chi connectivity index (χ3n) is 9.75. The molecule has 1 aliphatic rings. The summed E-state index contributed by atoms with van der Waals surface area (Å²) in [6.07, 6.45) is 14.8. The Bertz CT molecular complexity index is 2190. The average molecular weight is 705 g/mol. The quantitative estimate of drug-likeness (QED) is 0.0586. The topological polar surface area (TPSA) is 107 Å². The summed E-state index contributed by atoms with van der Waals surface area (Å²) in [6.45, 7) is 11.7. The van der Waals surface area contributed by atoms with E-state index in [1.807, 2.05) is 60.7 Å². The van der Waals surface area contributed by atoms with Crippen LogP contribution in [0.2, 0.25) is 0 Å². The number of nitrogens with zero attached hydrogens (tertiary/aromatic N) is 2. The number of benzene rings is 4. The Kier molecular flexibility index (Phi) is 11.5. The molecule has 7 nitrogen and oxygen atoms in total. The second-order valence-corrected chi connectivity index (χ2v) is 15.7. The van der Waals surface area contributed by atoms with E-state index in [1.54, 1.807) is 0 Å². The molecule has 0 bridgehead atoms. The number of unbranched alkanes of at least 4 members (excludes halogenated alkanes) is 1. The number of carbonyl (C=O) groups is 1. The van der Waals surface area contributed by atoms with Crippen LogP contribution < -0.4 is 4.90 Å². The summed E-state index contributed by atoms with van der Waals surface area (Å²) in [5.74, 6) is -1.10. The van der Waals surface area contributed by atoms with Gasteiger partial charge in [-0.25, -0.2) is 0 Å². The van der Waals surface area contributed by atoms with Gasteiger partial charge in [0, 0.05) is 41.0 Å². The molecule has 1 aliphatic heterocycles. The Labute approximate surface area is 302 Å². The van der Waals surface area contributed by atoms with Crippen LogP contribution in [0.25, 0.3) is 21.5 Å². The maximum Gasteiger partial charge on any atom is 0.305 e. The molecule has 5 rings (SSSR count). The van der Waals surface area contributed by atoms with Gasteiger partial charge in [-0.1, -0.05) is 125 Å². The fourth-order valence-electron chi connectivity index (χ4n) is 7.36. The molecule has 0 fully saturated rings. The van der Waals surface area contributed by atoms with Crippen molar-refractivity contribution in [2.45, 2.75) is 64.7 Å². The molecule has 51 heavy (non-hydrogen) atoms. The van der Waals surface area contributed by atoms with Crippen molar-refractivity contribution >= 4 is 49.0 Å². The molecule has 0 spiro atoms. The van der Waals surface area contributed by atoms with Crippen LogP contribution in [0.1, 0.15) is 63.6 Å². The fourth-order valence-corrected chi connectivity index (χ4v) is 7.93.